The molecule has 0 unspecified atom stereocenters. The van der Waals surface area contributed by atoms with Crippen LogP contribution in [0.3, 0.4) is 0 Å². The molecule has 182 valence electrons. The number of rotatable bonds is 12. The molecular weight excluding hydrogens is 452 g/mol. The number of aromatic nitrogens is 3. The van der Waals surface area contributed by atoms with Crippen LogP contribution < -0.4 is 14.2 Å². The first-order valence-corrected chi connectivity index (χ1v) is 12.2. The van der Waals surface area contributed by atoms with E-state index in [0.717, 1.165) is 40.6 Å². The summed E-state index contributed by atoms with van der Waals surface area (Å²) in [6.45, 7) is 5.71. The standard InChI is InChI=1S/C25H32N4O4S/c1-6-32-21-13-8-18(16-22(21)33-7-2)14-15-29-24(19-9-11-20(31-5)12-10-19)26-27-25(29)34-17-23(30)28(3)4/h8-13,16H,6-7,14-15,17H2,1-5H3. The van der Waals surface area contributed by atoms with Crippen molar-refractivity contribution in [2.24, 2.45) is 0 Å². The SMILES string of the molecule is CCOc1ccc(CCn2c(SCC(=O)N(C)C)nnc2-c2ccc(OC)cc2)cc1OCC. The molecule has 0 fully saturated rings. The van der Waals surface area contributed by atoms with E-state index in [0.29, 0.717) is 30.7 Å². The Balaban J connectivity index is 1.87. The summed E-state index contributed by atoms with van der Waals surface area (Å²) in [4.78, 5) is 13.7. The van der Waals surface area contributed by atoms with Crippen LogP contribution in [0.25, 0.3) is 11.4 Å². The van der Waals surface area contributed by atoms with Gasteiger partial charge in [-0.1, -0.05) is 17.8 Å². The average Bonchev–Trinajstić information content (AvgIpc) is 3.25. The lowest BCUT2D eigenvalue weighted by Gasteiger charge is -2.14. The van der Waals surface area contributed by atoms with Gasteiger partial charge in [-0.25, -0.2) is 0 Å². The fourth-order valence-electron chi connectivity index (χ4n) is 3.30. The Bertz CT molecular complexity index is 1080. The highest BCUT2D eigenvalue weighted by atomic mass is 32.2. The summed E-state index contributed by atoms with van der Waals surface area (Å²) in [6, 6.07) is 13.7. The molecule has 1 heterocycles. The zero-order chi connectivity index (χ0) is 24.5. The first-order chi connectivity index (χ1) is 16.5. The number of amides is 1. The van der Waals surface area contributed by atoms with Gasteiger partial charge in [0.15, 0.2) is 22.5 Å². The van der Waals surface area contributed by atoms with Gasteiger partial charge in [-0.05, 0) is 62.2 Å². The molecule has 0 aliphatic rings. The van der Waals surface area contributed by atoms with E-state index in [9.17, 15) is 4.79 Å². The lowest BCUT2D eigenvalue weighted by Crippen LogP contribution is -2.23. The van der Waals surface area contributed by atoms with Crippen molar-refractivity contribution in [2.75, 3.05) is 40.2 Å². The lowest BCUT2D eigenvalue weighted by atomic mass is 10.1. The predicted octanol–water partition coefficient (Wildman–Crippen LogP) is 4.17. The summed E-state index contributed by atoms with van der Waals surface area (Å²) in [5.74, 6) is 3.34. The predicted molar refractivity (Wildman–Crippen MR) is 134 cm³/mol. The molecule has 0 aliphatic carbocycles. The quantitative estimate of drug-likeness (QED) is 0.357. The summed E-state index contributed by atoms with van der Waals surface area (Å²) in [7, 11) is 5.14. The fraction of sp³-hybridized carbons (Fsp3) is 0.400. The van der Waals surface area contributed by atoms with Crippen LogP contribution in [-0.2, 0) is 17.8 Å². The Morgan fingerprint density at radius 3 is 2.35 bits per heavy atom. The van der Waals surface area contributed by atoms with Crippen LogP contribution in [0.15, 0.2) is 47.6 Å². The number of carbonyl (C=O) groups is 1. The van der Waals surface area contributed by atoms with Crippen LogP contribution in [-0.4, -0.2) is 65.7 Å². The second-order valence-corrected chi connectivity index (χ2v) is 8.60. The van der Waals surface area contributed by atoms with Crippen molar-refractivity contribution < 1.29 is 19.0 Å². The number of hydrogen-bond donors (Lipinski definition) is 0. The number of benzene rings is 2. The van der Waals surface area contributed by atoms with E-state index in [-0.39, 0.29) is 5.91 Å². The monoisotopic (exact) mass is 484 g/mol. The van der Waals surface area contributed by atoms with Crippen molar-refractivity contribution in [3.63, 3.8) is 0 Å². The molecule has 0 saturated carbocycles. The molecule has 0 saturated heterocycles. The van der Waals surface area contributed by atoms with E-state index in [1.54, 1.807) is 26.1 Å². The number of hydrogen-bond acceptors (Lipinski definition) is 7. The van der Waals surface area contributed by atoms with Gasteiger partial charge in [0.05, 0.1) is 26.1 Å². The third-order valence-electron chi connectivity index (χ3n) is 5.12. The molecule has 3 aromatic rings. The van der Waals surface area contributed by atoms with Gasteiger partial charge < -0.3 is 23.7 Å². The van der Waals surface area contributed by atoms with Gasteiger partial charge in [-0.15, -0.1) is 10.2 Å². The summed E-state index contributed by atoms with van der Waals surface area (Å²) < 4.78 is 18.8. The lowest BCUT2D eigenvalue weighted by molar-refractivity contribution is -0.125. The smallest absolute Gasteiger partial charge is 0.232 e. The highest BCUT2D eigenvalue weighted by molar-refractivity contribution is 7.99. The van der Waals surface area contributed by atoms with Crippen molar-refractivity contribution in [1.29, 1.82) is 0 Å². The van der Waals surface area contributed by atoms with Crippen LogP contribution in [0.1, 0.15) is 19.4 Å². The van der Waals surface area contributed by atoms with E-state index in [4.69, 9.17) is 14.2 Å². The maximum absolute atomic E-state index is 12.1. The van der Waals surface area contributed by atoms with E-state index in [1.165, 1.54) is 11.8 Å². The van der Waals surface area contributed by atoms with Gasteiger partial charge in [0.1, 0.15) is 5.75 Å². The number of nitrogens with zero attached hydrogens (tertiary/aromatic N) is 4. The van der Waals surface area contributed by atoms with Gasteiger partial charge >= 0.3 is 0 Å². The minimum atomic E-state index is 0.0263. The van der Waals surface area contributed by atoms with Crippen molar-refractivity contribution >= 4 is 17.7 Å². The van der Waals surface area contributed by atoms with Gasteiger partial charge in [-0.2, -0.15) is 0 Å². The minimum absolute atomic E-state index is 0.0263. The third kappa shape index (κ3) is 6.44. The van der Waals surface area contributed by atoms with Gasteiger partial charge in [0.25, 0.3) is 0 Å². The molecule has 0 spiro atoms. The van der Waals surface area contributed by atoms with Crippen LogP contribution in [0.5, 0.6) is 17.2 Å². The normalized spacial score (nSPS) is 10.7. The molecule has 34 heavy (non-hydrogen) atoms. The van der Waals surface area contributed by atoms with E-state index >= 15 is 0 Å². The van der Waals surface area contributed by atoms with Crippen molar-refractivity contribution in [2.45, 2.75) is 32.0 Å². The van der Waals surface area contributed by atoms with Crippen molar-refractivity contribution in [3.05, 3.63) is 48.0 Å². The van der Waals surface area contributed by atoms with E-state index in [1.807, 2.05) is 56.3 Å². The number of methoxy groups -OCH3 is 1. The number of aryl methyl sites for hydroxylation is 1. The Labute approximate surface area is 205 Å². The van der Waals surface area contributed by atoms with Gasteiger partial charge in [0, 0.05) is 26.2 Å². The largest absolute Gasteiger partial charge is 0.497 e. The van der Waals surface area contributed by atoms with E-state index in [2.05, 4.69) is 14.8 Å². The molecule has 0 aliphatic heterocycles. The second kappa shape index (κ2) is 12.3. The molecular formula is C25H32N4O4S. The molecule has 0 bridgehead atoms. The molecule has 2 aromatic carbocycles. The molecule has 0 N–H and O–H groups in total. The molecule has 8 nitrogen and oxygen atoms in total. The maximum atomic E-state index is 12.1. The Morgan fingerprint density at radius 2 is 1.71 bits per heavy atom. The first-order valence-electron chi connectivity index (χ1n) is 11.3. The van der Waals surface area contributed by atoms with Crippen molar-refractivity contribution in [1.82, 2.24) is 19.7 Å². The second-order valence-electron chi connectivity index (χ2n) is 7.66. The zero-order valence-electron chi connectivity index (χ0n) is 20.4. The van der Waals surface area contributed by atoms with Crippen LogP contribution >= 0.6 is 11.8 Å². The Hall–Kier alpha value is -3.20. The highest BCUT2D eigenvalue weighted by Gasteiger charge is 2.17. The molecule has 9 heteroatoms. The summed E-state index contributed by atoms with van der Waals surface area (Å²) in [5.41, 5.74) is 2.04. The first kappa shape index (κ1) is 25.4. The van der Waals surface area contributed by atoms with Crippen LogP contribution in [0.2, 0.25) is 0 Å². The topological polar surface area (TPSA) is 78.7 Å². The molecule has 3 rings (SSSR count). The Morgan fingerprint density at radius 1 is 1.00 bits per heavy atom. The number of thioether (sulfide) groups is 1. The zero-order valence-corrected chi connectivity index (χ0v) is 21.2. The Kier molecular flexibility index (Phi) is 9.21. The van der Waals surface area contributed by atoms with Crippen molar-refractivity contribution in [3.8, 4) is 28.6 Å². The van der Waals surface area contributed by atoms with E-state index < -0.39 is 0 Å². The van der Waals surface area contributed by atoms with Gasteiger partial charge in [-0.3, -0.25) is 4.79 Å². The molecule has 1 amide bonds. The molecule has 0 atom stereocenters. The van der Waals surface area contributed by atoms with Crippen LogP contribution in [0.4, 0.5) is 0 Å². The highest BCUT2D eigenvalue weighted by Crippen LogP contribution is 2.30. The minimum Gasteiger partial charge on any atom is -0.497 e. The summed E-state index contributed by atoms with van der Waals surface area (Å²) in [6.07, 6.45) is 0.739. The third-order valence-corrected chi connectivity index (χ3v) is 6.07. The van der Waals surface area contributed by atoms with Crippen LogP contribution in [0, 0.1) is 0 Å². The number of carbonyl (C=O) groups excluding carboxylic acids is 1. The summed E-state index contributed by atoms with van der Waals surface area (Å²) >= 11 is 1.39. The summed E-state index contributed by atoms with van der Waals surface area (Å²) in [5, 5.41) is 9.54. The fourth-order valence-corrected chi connectivity index (χ4v) is 4.24. The number of ether oxygens (including phenoxy) is 3. The van der Waals surface area contributed by atoms with Gasteiger partial charge in [0.2, 0.25) is 5.91 Å². The molecule has 0 radical (unpaired) electrons. The molecule has 1 aromatic heterocycles. The average molecular weight is 485 g/mol. The maximum Gasteiger partial charge on any atom is 0.232 e.